The van der Waals surface area contributed by atoms with Gasteiger partial charge in [-0.15, -0.1) is 11.3 Å². The van der Waals surface area contributed by atoms with E-state index in [2.05, 4.69) is 22.2 Å². The number of hydrogen-bond acceptors (Lipinski definition) is 7. The first-order chi connectivity index (χ1) is 17.5. The van der Waals surface area contributed by atoms with Gasteiger partial charge >= 0.3 is 6.09 Å². The summed E-state index contributed by atoms with van der Waals surface area (Å²) in [6, 6.07) is 14.9. The van der Waals surface area contributed by atoms with Crippen LogP contribution in [0.1, 0.15) is 23.2 Å². The van der Waals surface area contributed by atoms with E-state index < -0.39 is 6.09 Å². The van der Waals surface area contributed by atoms with Crippen LogP contribution in [0.3, 0.4) is 0 Å². The van der Waals surface area contributed by atoms with Crippen molar-refractivity contribution in [2.75, 3.05) is 37.3 Å². The maximum absolute atomic E-state index is 12.9. The summed E-state index contributed by atoms with van der Waals surface area (Å²) in [4.78, 5) is 43.4. The van der Waals surface area contributed by atoms with Crippen LogP contribution >= 0.6 is 23.1 Å². The summed E-state index contributed by atoms with van der Waals surface area (Å²) in [5.74, 6) is 0.536. The molecule has 2 aromatic carbocycles. The first-order valence-electron chi connectivity index (χ1n) is 11.7. The van der Waals surface area contributed by atoms with E-state index in [1.165, 1.54) is 6.08 Å². The molecular weight excluding hydrogens is 496 g/mol. The Morgan fingerprint density at radius 3 is 2.69 bits per heavy atom. The van der Waals surface area contributed by atoms with Gasteiger partial charge in [0.05, 0.1) is 10.2 Å². The van der Waals surface area contributed by atoms with E-state index >= 15 is 0 Å². The molecule has 3 amide bonds. The second-order valence-corrected chi connectivity index (χ2v) is 10.6. The van der Waals surface area contributed by atoms with E-state index in [-0.39, 0.29) is 24.3 Å². The van der Waals surface area contributed by atoms with E-state index in [0.717, 1.165) is 20.2 Å². The lowest BCUT2D eigenvalue weighted by atomic mass is 9.95. The summed E-state index contributed by atoms with van der Waals surface area (Å²) in [6.07, 6.45) is 2.34. The highest BCUT2D eigenvalue weighted by Gasteiger charge is 2.28. The molecule has 1 saturated heterocycles. The highest BCUT2D eigenvalue weighted by Crippen LogP contribution is 2.31. The Balaban J connectivity index is 1.25. The zero-order valence-electron chi connectivity index (χ0n) is 19.8. The molecule has 1 aliphatic heterocycles. The summed E-state index contributed by atoms with van der Waals surface area (Å²) in [5.41, 5.74) is 2.28. The molecule has 0 saturated carbocycles. The molecule has 0 bridgehead atoms. The first-order valence-corrected chi connectivity index (χ1v) is 13.5. The van der Waals surface area contributed by atoms with Crippen molar-refractivity contribution in [3.8, 4) is 0 Å². The highest BCUT2D eigenvalue weighted by molar-refractivity contribution is 8.01. The molecule has 4 rings (SSSR count). The minimum absolute atomic E-state index is 0.0159. The third kappa shape index (κ3) is 6.86. The highest BCUT2D eigenvalue weighted by atomic mass is 32.2. The van der Waals surface area contributed by atoms with Gasteiger partial charge in [0.25, 0.3) is 5.91 Å². The number of fused-ring (bicyclic) bond motifs is 1. The van der Waals surface area contributed by atoms with Crippen molar-refractivity contribution in [2.45, 2.75) is 17.2 Å². The minimum atomic E-state index is -0.464. The summed E-state index contributed by atoms with van der Waals surface area (Å²) in [7, 11) is 0. The maximum Gasteiger partial charge on any atom is 0.407 e. The normalized spacial score (nSPS) is 13.8. The molecule has 0 atom stereocenters. The molecule has 188 valence electrons. The molecule has 10 heteroatoms. The van der Waals surface area contributed by atoms with Gasteiger partial charge in [0.2, 0.25) is 5.91 Å². The predicted octanol–water partition coefficient (Wildman–Crippen LogP) is 4.79. The molecule has 1 aromatic heterocycles. The third-order valence-electron chi connectivity index (χ3n) is 5.74. The molecule has 0 unspecified atom stereocenters. The number of alkyl carbamates (subject to hydrolysis) is 1. The monoisotopic (exact) mass is 524 g/mol. The Kier molecular flexibility index (Phi) is 8.96. The lowest BCUT2D eigenvalue weighted by molar-refractivity contribution is -0.121. The Morgan fingerprint density at radius 1 is 1.17 bits per heavy atom. The van der Waals surface area contributed by atoms with Crippen LogP contribution < -0.4 is 10.6 Å². The number of ether oxygens (including phenoxy) is 1. The SMILES string of the molecule is C=CCOC(=O)NCCSc1nc2ccc(NC(=O)C3CCN(C(=O)c4ccccc4)CC3)cc2s1. The van der Waals surface area contributed by atoms with Crippen molar-refractivity contribution in [3.05, 3.63) is 66.7 Å². The van der Waals surface area contributed by atoms with Gasteiger partial charge in [0.15, 0.2) is 4.34 Å². The third-order valence-corrected chi connectivity index (χ3v) is 7.90. The number of aromatic nitrogens is 1. The number of nitrogens with zero attached hydrogens (tertiary/aromatic N) is 2. The van der Waals surface area contributed by atoms with Crippen molar-refractivity contribution >= 4 is 56.9 Å². The largest absolute Gasteiger partial charge is 0.445 e. The van der Waals surface area contributed by atoms with E-state index in [1.54, 1.807) is 23.1 Å². The van der Waals surface area contributed by atoms with Crippen molar-refractivity contribution in [2.24, 2.45) is 5.92 Å². The summed E-state index contributed by atoms with van der Waals surface area (Å²) in [6.45, 7) is 5.29. The second kappa shape index (κ2) is 12.5. The number of rotatable bonds is 9. The number of carbonyl (C=O) groups excluding carboxylic acids is 3. The number of benzene rings is 2. The molecule has 0 radical (unpaired) electrons. The molecular formula is C26H28N4O4S2. The van der Waals surface area contributed by atoms with E-state index in [0.29, 0.717) is 43.8 Å². The fourth-order valence-electron chi connectivity index (χ4n) is 3.87. The fourth-order valence-corrected chi connectivity index (χ4v) is 5.91. The average molecular weight is 525 g/mol. The van der Waals surface area contributed by atoms with Crippen LogP contribution in [0.25, 0.3) is 10.2 Å². The van der Waals surface area contributed by atoms with Gasteiger partial charge < -0.3 is 20.3 Å². The molecule has 36 heavy (non-hydrogen) atoms. The summed E-state index contributed by atoms with van der Waals surface area (Å²) >= 11 is 3.10. The van der Waals surface area contributed by atoms with Gasteiger partial charge in [-0.05, 0) is 43.2 Å². The Bertz CT molecular complexity index is 1220. The Hall–Kier alpha value is -3.37. The number of hydrogen-bond donors (Lipinski definition) is 2. The van der Waals surface area contributed by atoms with Crippen LogP contribution in [0.5, 0.6) is 0 Å². The number of likely N-dealkylation sites (tertiary alicyclic amines) is 1. The van der Waals surface area contributed by atoms with E-state index in [9.17, 15) is 14.4 Å². The van der Waals surface area contributed by atoms with Gasteiger partial charge in [-0.25, -0.2) is 9.78 Å². The molecule has 1 fully saturated rings. The molecule has 2 N–H and O–H groups in total. The van der Waals surface area contributed by atoms with Crippen LogP contribution in [-0.2, 0) is 9.53 Å². The number of anilines is 1. The molecule has 0 aliphatic carbocycles. The van der Waals surface area contributed by atoms with Crippen LogP contribution in [-0.4, -0.2) is 59.8 Å². The van der Waals surface area contributed by atoms with Crippen LogP contribution in [0.4, 0.5) is 10.5 Å². The average Bonchev–Trinajstić information content (AvgIpc) is 3.32. The Labute approximate surface area is 218 Å². The Morgan fingerprint density at radius 2 is 1.94 bits per heavy atom. The minimum Gasteiger partial charge on any atom is -0.445 e. The van der Waals surface area contributed by atoms with Crippen molar-refractivity contribution < 1.29 is 19.1 Å². The van der Waals surface area contributed by atoms with Gasteiger partial charge in [-0.2, -0.15) is 0 Å². The number of piperidine rings is 1. The topological polar surface area (TPSA) is 101 Å². The molecule has 0 spiro atoms. The van der Waals surface area contributed by atoms with Crippen LogP contribution in [0, 0.1) is 5.92 Å². The van der Waals surface area contributed by atoms with Gasteiger partial charge in [-0.1, -0.05) is 42.6 Å². The first kappa shape index (κ1) is 25.7. The molecule has 2 heterocycles. The number of nitrogens with one attached hydrogen (secondary N) is 2. The summed E-state index contributed by atoms with van der Waals surface area (Å²) in [5, 5.41) is 5.71. The lowest BCUT2D eigenvalue weighted by Crippen LogP contribution is -2.41. The zero-order valence-corrected chi connectivity index (χ0v) is 21.4. The van der Waals surface area contributed by atoms with Crippen molar-refractivity contribution in [3.63, 3.8) is 0 Å². The number of carbonyl (C=O) groups is 3. The van der Waals surface area contributed by atoms with Gasteiger partial charge in [0, 0.05) is 42.6 Å². The van der Waals surface area contributed by atoms with E-state index in [4.69, 9.17) is 4.74 Å². The van der Waals surface area contributed by atoms with Crippen LogP contribution in [0.15, 0.2) is 65.5 Å². The second-order valence-electron chi connectivity index (χ2n) is 8.25. The van der Waals surface area contributed by atoms with Crippen LogP contribution in [0.2, 0.25) is 0 Å². The fraction of sp³-hybridized carbons (Fsp3) is 0.308. The number of amides is 3. The molecule has 8 nitrogen and oxygen atoms in total. The smallest absolute Gasteiger partial charge is 0.407 e. The van der Waals surface area contributed by atoms with Gasteiger partial charge in [0.1, 0.15) is 6.61 Å². The standard InChI is InChI=1S/C26H28N4O4S2/c1-2-15-34-25(33)27-12-16-35-26-29-21-9-8-20(17-22(21)36-26)28-23(31)18-10-13-30(14-11-18)24(32)19-6-4-3-5-7-19/h2-9,17-18H,1,10-16H2,(H,27,33)(H,28,31). The predicted molar refractivity (Wildman–Crippen MR) is 144 cm³/mol. The quantitative estimate of drug-likeness (QED) is 0.237. The van der Waals surface area contributed by atoms with Crippen molar-refractivity contribution in [1.29, 1.82) is 0 Å². The number of thioether (sulfide) groups is 1. The molecule has 1 aliphatic rings. The maximum atomic E-state index is 12.9. The number of thiazole rings is 1. The summed E-state index contributed by atoms with van der Waals surface area (Å²) < 4.78 is 6.75. The lowest BCUT2D eigenvalue weighted by Gasteiger charge is -2.31. The van der Waals surface area contributed by atoms with E-state index in [1.807, 2.05) is 53.4 Å². The van der Waals surface area contributed by atoms with Crippen molar-refractivity contribution in [1.82, 2.24) is 15.2 Å². The van der Waals surface area contributed by atoms with Gasteiger partial charge in [-0.3, -0.25) is 9.59 Å². The zero-order chi connectivity index (χ0) is 25.3. The molecule has 3 aromatic rings.